The molecule has 0 saturated heterocycles. The molecule has 4 heteroatoms. The van der Waals surface area contributed by atoms with Gasteiger partial charge in [0.1, 0.15) is 5.15 Å². The van der Waals surface area contributed by atoms with E-state index in [9.17, 15) is 0 Å². The molecule has 100 valence electrons. The Kier molecular flexibility index (Phi) is 4.16. The minimum absolute atomic E-state index is 0.568. The number of hydrogen-bond acceptors (Lipinski definition) is 2. The molecule has 0 spiro atoms. The van der Waals surface area contributed by atoms with Gasteiger partial charge in [-0.2, -0.15) is 0 Å². The highest BCUT2D eigenvalue weighted by atomic mass is 35.5. The van der Waals surface area contributed by atoms with Gasteiger partial charge in [-0.05, 0) is 30.3 Å². The Bertz CT molecular complexity index is 758. The predicted molar refractivity (Wildman–Crippen MR) is 87.8 cm³/mol. The average molecular weight is 320 g/mol. The van der Waals surface area contributed by atoms with Gasteiger partial charge < -0.3 is 0 Å². The van der Waals surface area contributed by atoms with Gasteiger partial charge in [-0.3, -0.25) is 0 Å². The summed E-state index contributed by atoms with van der Waals surface area (Å²) in [5.41, 5.74) is 1.96. The molecule has 20 heavy (non-hydrogen) atoms. The number of hydrogen-bond donors (Lipinski definition) is 0. The van der Waals surface area contributed by atoms with E-state index < -0.39 is 0 Å². The summed E-state index contributed by atoms with van der Waals surface area (Å²) in [5, 5.41) is 2.43. The Labute approximate surface area is 131 Å². The Hall–Kier alpha value is -1.22. The maximum Gasteiger partial charge on any atom is 0.133 e. The Morgan fingerprint density at radius 2 is 1.80 bits per heavy atom. The van der Waals surface area contributed by atoms with E-state index in [0.29, 0.717) is 5.15 Å². The molecule has 3 rings (SSSR count). The normalized spacial score (nSPS) is 10.9. The van der Waals surface area contributed by atoms with Gasteiger partial charge in [0.25, 0.3) is 0 Å². The fourth-order valence-corrected chi connectivity index (χ4v) is 3.43. The van der Waals surface area contributed by atoms with Gasteiger partial charge in [0.05, 0.1) is 5.52 Å². The van der Waals surface area contributed by atoms with Crippen LogP contribution in [0, 0.1) is 0 Å². The lowest BCUT2D eigenvalue weighted by Gasteiger charge is -2.06. The fraction of sp³-hybridized carbons (Fsp3) is 0.0625. The van der Waals surface area contributed by atoms with E-state index in [2.05, 4.69) is 11.1 Å². The van der Waals surface area contributed by atoms with E-state index in [4.69, 9.17) is 23.2 Å². The molecule has 2 aromatic carbocycles. The van der Waals surface area contributed by atoms with Crippen molar-refractivity contribution in [2.45, 2.75) is 10.6 Å². The first kappa shape index (κ1) is 13.7. The molecule has 0 N–H and O–H groups in total. The molecule has 3 aromatic rings. The number of fused-ring (bicyclic) bond motifs is 1. The molecule has 0 aliphatic carbocycles. The third-order valence-corrected chi connectivity index (χ3v) is 4.55. The summed E-state index contributed by atoms with van der Waals surface area (Å²) in [6.45, 7) is 0. The lowest BCUT2D eigenvalue weighted by molar-refractivity contribution is 1.30. The van der Waals surface area contributed by atoms with E-state index >= 15 is 0 Å². The standard InChI is InChI=1S/C16H11Cl2NS/c17-13-5-3-6-14(9-13)20-10-12-8-11-4-1-2-7-15(11)19-16(12)18/h1-9H,10H2. The first-order valence-corrected chi connectivity index (χ1v) is 7.89. The summed E-state index contributed by atoms with van der Waals surface area (Å²) in [7, 11) is 0. The highest BCUT2D eigenvalue weighted by Crippen LogP contribution is 2.29. The van der Waals surface area contributed by atoms with Crippen molar-refractivity contribution in [2.75, 3.05) is 0 Å². The van der Waals surface area contributed by atoms with Crippen LogP contribution in [0.2, 0.25) is 10.2 Å². The Morgan fingerprint density at radius 1 is 0.950 bits per heavy atom. The van der Waals surface area contributed by atoms with Crippen LogP contribution in [0.3, 0.4) is 0 Å². The van der Waals surface area contributed by atoms with Gasteiger partial charge in [-0.15, -0.1) is 11.8 Å². The predicted octanol–water partition coefficient (Wildman–Crippen LogP) is 5.83. The van der Waals surface area contributed by atoms with E-state index in [0.717, 1.165) is 32.1 Å². The fourth-order valence-electron chi connectivity index (χ4n) is 1.96. The van der Waals surface area contributed by atoms with Gasteiger partial charge in [0.15, 0.2) is 0 Å². The van der Waals surface area contributed by atoms with Crippen molar-refractivity contribution in [3.63, 3.8) is 0 Å². The van der Waals surface area contributed by atoms with Gasteiger partial charge in [-0.1, -0.05) is 47.5 Å². The van der Waals surface area contributed by atoms with Crippen LogP contribution in [0.1, 0.15) is 5.56 Å². The van der Waals surface area contributed by atoms with Crippen LogP contribution < -0.4 is 0 Å². The van der Waals surface area contributed by atoms with E-state index in [1.165, 1.54) is 0 Å². The second kappa shape index (κ2) is 6.04. The summed E-state index contributed by atoms with van der Waals surface area (Å²) < 4.78 is 0. The summed E-state index contributed by atoms with van der Waals surface area (Å²) in [6.07, 6.45) is 0. The molecule has 0 aliphatic rings. The highest BCUT2D eigenvalue weighted by Gasteiger charge is 2.05. The lowest BCUT2D eigenvalue weighted by Crippen LogP contribution is -1.88. The number of pyridine rings is 1. The van der Waals surface area contributed by atoms with Crippen LogP contribution in [0.25, 0.3) is 10.9 Å². The largest absolute Gasteiger partial charge is 0.236 e. The summed E-state index contributed by atoms with van der Waals surface area (Å²) in [6, 6.07) is 17.9. The molecule has 0 radical (unpaired) electrons. The third-order valence-electron chi connectivity index (χ3n) is 2.94. The van der Waals surface area contributed by atoms with Crippen molar-refractivity contribution in [3.05, 3.63) is 70.3 Å². The zero-order valence-electron chi connectivity index (χ0n) is 10.5. The van der Waals surface area contributed by atoms with Crippen molar-refractivity contribution in [1.29, 1.82) is 0 Å². The van der Waals surface area contributed by atoms with E-state index in [1.54, 1.807) is 11.8 Å². The maximum absolute atomic E-state index is 6.25. The number of halogens is 2. The van der Waals surface area contributed by atoms with Crippen LogP contribution in [-0.2, 0) is 5.75 Å². The molecular formula is C16H11Cl2NS. The minimum Gasteiger partial charge on any atom is -0.236 e. The molecule has 1 heterocycles. The molecule has 0 saturated carbocycles. The minimum atomic E-state index is 0.568. The van der Waals surface area contributed by atoms with Gasteiger partial charge in [0, 0.05) is 26.6 Å². The Morgan fingerprint density at radius 3 is 2.65 bits per heavy atom. The number of para-hydroxylation sites is 1. The molecule has 0 bridgehead atoms. The average Bonchev–Trinajstić information content (AvgIpc) is 2.45. The smallest absolute Gasteiger partial charge is 0.133 e. The third kappa shape index (κ3) is 3.09. The van der Waals surface area contributed by atoms with Crippen LogP contribution in [0.4, 0.5) is 0 Å². The van der Waals surface area contributed by atoms with Crippen LogP contribution in [0.5, 0.6) is 0 Å². The SMILES string of the molecule is Clc1cccc(SCc2cc3ccccc3nc2Cl)c1. The van der Waals surface area contributed by atoms with Crippen LogP contribution >= 0.6 is 35.0 Å². The van der Waals surface area contributed by atoms with Crippen molar-refractivity contribution in [2.24, 2.45) is 0 Å². The molecule has 0 amide bonds. The topological polar surface area (TPSA) is 12.9 Å². The molecule has 0 aliphatic heterocycles. The monoisotopic (exact) mass is 319 g/mol. The number of aromatic nitrogens is 1. The second-order valence-corrected chi connectivity index (χ2v) is 6.22. The van der Waals surface area contributed by atoms with Gasteiger partial charge in [-0.25, -0.2) is 4.98 Å². The maximum atomic E-state index is 6.25. The highest BCUT2D eigenvalue weighted by molar-refractivity contribution is 7.98. The molecule has 0 fully saturated rings. The first-order valence-electron chi connectivity index (χ1n) is 6.15. The first-order chi connectivity index (χ1) is 9.72. The molecular weight excluding hydrogens is 309 g/mol. The number of thioether (sulfide) groups is 1. The van der Waals surface area contributed by atoms with Crippen LogP contribution in [-0.4, -0.2) is 4.98 Å². The van der Waals surface area contributed by atoms with Crippen LogP contribution in [0.15, 0.2) is 59.5 Å². The van der Waals surface area contributed by atoms with Crippen molar-refractivity contribution in [3.8, 4) is 0 Å². The number of benzene rings is 2. The zero-order valence-corrected chi connectivity index (χ0v) is 12.8. The van der Waals surface area contributed by atoms with Crippen molar-refractivity contribution in [1.82, 2.24) is 4.98 Å². The summed E-state index contributed by atoms with van der Waals surface area (Å²) >= 11 is 13.9. The van der Waals surface area contributed by atoms with E-state index in [-0.39, 0.29) is 0 Å². The van der Waals surface area contributed by atoms with E-state index in [1.807, 2.05) is 48.5 Å². The number of rotatable bonds is 3. The van der Waals surface area contributed by atoms with Crippen molar-refractivity contribution >= 4 is 45.9 Å². The quantitative estimate of drug-likeness (QED) is 0.444. The van der Waals surface area contributed by atoms with Gasteiger partial charge >= 0.3 is 0 Å². The number of nitrogens with zero attached hydrogens (tertiary/aromatic N) is 1. The zero-order chi connectivity index (χ0) is 13.9. The Balaban J connectivity index is 1.85. The summed E-state index contributed by atoms with van der Waals surface area (Å²) in [4.78, 5) is 5.56. The van der Waals surface area contributed by atoms with Gasteiger partial charge in [0.2, 0.25) is 0 Å². The lowest BCUT2D eigenvalue weighted by atomic mass is 10.2. The summed E-state index contributed by atoms with van der Waals surface area (Å²) in [5.74, 6) is 0.775. The molecule has 1 nitrogen and oxygen atoms in total. The second-order valence-electron chi connectivity index (χ2n) is 4.38. The molecule has 0 unspecified atom stereocenters. The molecule has 0 atom stereocenters. The molecule has 1 aromatic heterocycles. The van der Waals surface area contributed by atoms with Crippen molar-refractivity contribution < 1.29 is 0 Å².